The number of rotatable bonds is 5. The number of carboxylic acid groups (broad SMARTS) is 1. The third-order valence-corrected chi connectivity index (χ3v) is 3.52. The number of carboxylic acids is 1. The van der Waals surface area contributed by atoms with Crippen molar-refractivity contribution in [3.05, 3.63) is 68.2 Å². The standard InChI is InChI=1S/C15H11BrN2O5/c16-10-5-6-12(11(8-10)15(20)21)17-14(19)7-9-3-1-2-4-13(9)18(22)23/h1-6,8H,7H2,(H,17,19)(H,20,21). The number of anilines is 1. The number of nitrogens with one attached hydrogen (secondary N) is 1. The zero-order chi connectivity index (χ0) is 17.0. The summed E-state index contributed by atoms with van der Waals surface area (Å²) in [4.78, 5) is 33.6. The van der Waals surface area contributed by atoms with Crippen LogP contribution in [0.1, 0.15) is 15.9 Å². The van der Waals surface area contributed by atoms with Crippen molar-refractivity contribution in [3.63, 3.8) is 0 Å². The molecular weight excluding hydrogens is 368 g/mol. The third-order valence-electron chi connectivity index (χ3n) is 3.03. The molecule has 0 radical (unpaired) electrons. The number of carbonyl (C=O) groups excluding carboxylic acids is 1. The van der Waals surface area contributed by atoms with Crippen molar-refractivity contribution in [3.8, 4) is 0 Å². The lowest BCUT2D eigenvalue weighted by Crippen LogP contribution is -2.17. The summed E-state index contributed by atoms with van der Waals surface area (Å²) >= 11 is 3.16. The van der Waals surface area contributed by atoms with Crippen LogP contribution in [0.4, 0.5) is 11.4 Å². The van der Waals surface area contributed by atoms with Gasteiger partial charge in [0.2, 0.25) is 5.91 Å². The van der Waals surface area contributed by atoms with Gasteiger partial charge < -0.3 is 10.4 Å². The van der Waals surface area contributed by atoms with E-state index in [1.807, 2.05) is 0 Å². The van der Waals surface area contributed by atoms with Crippen LogP contribution in [0.2, 0.25) is 0 Å². The number of benzene rings is 2. The summed E-state index contributed by atoms with van der Waals surface area (Å²) in [5.74, 6) is -1.73. The van der Waals surface area contributed by atoms with E-state index in [9.17, 15) is 19.7 Å². The Hall–Kier alpha value is -2.74. The Morgan fingerprint density at radius 3 is 2.57 bits per heavy atom. The topological polar surface area (TPSA) is 110 Å². The Labute approximate surface area is 139 Å². The van der Waals surface area contributed by atoms with Crippen LogP contribution in [-0.4, -0.2) is 21.9 Å². The van der Waals surface area contributed by atoms with E-state index in [2.05, 4.69) is 21.2 Å². The monoisotopic (exact) mass is 378 g/mol. The largest absolute Gasteiger partial charge is 0.478 e. The summed E-state index contributed by atoms with van der Waals surface area (Å²) in [6, 6.07) is 10.3. The molecule has 0 spiro atoms. The Kier molecular flexibility index (Phi) is 5.07. The van der Waals surface area contributed by atoms with Crippen molar-refractivity contribution in [2.75, 3.05) is 5.32 Å². The molecule has 0 fully saturated rings. The fraction of sp³-hybridized carbons (Fsp3) is 0.0667. The van der Waals surface area contributed by atoms with Crippen LogP contribution in [0.5, 0.6) is 0 Å². The molecule has 1 amide bonds. The van der Waals surface area contributed by atoms with Crippen molar-refractivity contribution in [1.29, 1.82) is 0 Å². The fourth-order valence-electron chi connectivity index (χ4n) is 2.01. The molecule has 0 saturated carbocycles. The maximum absolute atomic E-state index is 12.1. The van der Waals surface area contributed by atoms with Crippen molar-refractivity contribution in [2.24, 2.45) is 0 Å². The first kappa shape index (κ1) is 16.6. The predicted molar refractivity (Wildman–Crippen MR) is 86.5 cm³/mol. The first-order valence-corrected chi connectivity index (χ1v) is 7.23. The molecule has 0 bridgehead atoms. The Morgan fingerprint density at radius 1 is 1.22 bits per heavy atom. The normalized spacial score (nSPS) is 10.1. The molecule has 2 aromatic rings. The van der Waals surface area contributed by atoms with E-state index in [4.69, 9.17) is 5.11 Å². The number of hydrogen-bond acceptors (Lipinski definition) is 4. The summed E-state index contributed by atoms with van der Waals surface area (Å²) in [7, 11) is 0. The molecule has 0 aromatic heterocycles. The van der Waals surface area contributed by atoms with Gasteiger partial charge in [0, 0.05) is 16.1 Å². The minimum atomic E-state index is -1.19. The number of nitro benzene ring substituents is 1. The lowest BCUT2D eigenvalue weighted by molar-refractivity contribution is -0.385. The Bertz CT molecular complexity index is 791. The number of nitrogens with zero attached hydrogens (tertiary/aromatic N) is 1. The average molecular weight is 379 g/mol. The van der Waals surface area contributed by atoms with Crippen LogP contribution in [0.3, 0.4) is 0 Å². The van der Waals surface area contributed by atoms with Crippen LogP contribution >= 0.6 is 15.9 Å². The molecule has 0 heterocycles. The third kappa shape index (κ3) is 4.13. The highest BCUT2D eigenvalue weighted by molar-refractivity contribution is 9.10. The highest BCUT2D eigenvalue weighted by Gasteiger charge is 2.17. The van der Waals surface area contributed by atoms with Gasteiger partial charge in [0.05, 0.1) is 22.6 Å². The SMILES string of the molecule is O=C(Cc1ccccc1[N+](=O)[O-])Nc1ccc(Br)cc1C(=O)O. The van der Waals surface area contributed by atoms with Crippen LogP contribution in [0, 0.1) is 10.1 Å². The van der Waals surface area contributed by atoms with Crippen molar-refractivity contribution in [1.82, 2.24) is 0 Å². The highest BCUT2D eigenvalue weighted by Crippen LogP contribution is 2.22. The number of carbonyl (C=O) groups is 2. The second kappa shape index (κ2) is 7.01. The fourth-order valence-corrected chi connectivity index (χ4v) is 2.37. The van der Waals surface area contributed by atoms with Gasteiger partial charge in [0.25, 0.3) is 5.69 Å². The molecule has 0 aliphatic carbocycles. The minimum absolute atomic E-state index is 0.0738. The molecule has 0 aliphatic rings. The number of nitro groups is 1. The number of amides is 1. The van der Waals surface area contributed by atoms with Crippen LogP contribution in [-0.2, 0) is 11.2 Å². The number of halogens is 1. The van der Waals surface area contributed by atoms with Gasteiger partial charge in [-0.15, -0.1) is 0 Å². The lowest BCUT2D eigenvalue weighted by Gasteiger charge is -2.09. The molecule has 0 atom stereocenters. The lowest BCUT2D eigenvalue weighted by atomic mass is 10.1. The van der Waals surface area contributed by atoms with Crippen molar-refractivity contribution < 1.29 is 19.6 Å². The average Bonchev–Trinajstić information content (AvgIpc) is 2.49. The molecule has 8 heteroatoms. The zero-order valence-electron chi connectivity index (χ0n) is 11.7. The summed E-state index contributed by atoms with van der Waals surface area (Å²) in [5, 5.41) is 22.6. The molecule has 0 saturated heterocycles. The highest BCUT2D eigenvalue weighted by atomic mass is 79.9. The second-order valence-corrected chi connectivity index (χ2v) is 5.52. The van der Waals surface area contributed by atoms with Gasteiger partial charge in [0.15, 0.2) is 0 Å². The molecule has 2 N–H and O–H groups in total. The number of hydrogen-bond donors (Lipinski definition) is 2. The van der Waals surface area contributed by atoms with Gasteiger partial charge in [-0.25, -0.2) is 4.79 Å². The number of aromatic carboxylic acids is 1. The molecule has 2 rings (SSSR count). The van der Waals surface area contributed by atoms with E-state index in [-0.39, 0.29) is 28.9 Å². The first-order chi connectivity index (χ1) is 10.9. The molecular formula is C15H11BrN2O5. The summed E-state index contributed by atoms with van der Waals surface area (Å²) in [6.45, 7) is 0. The summed E-state index contributed by atoms with van der Waals surface area (Å²) in [5.41, 5.74) is 0.153. The minimum Gasteiger partial charge on any atom is -0.478 e. The summed E-state index contributed by atoms with van der Waals surface area (Å²) in [6.07, 6.45) is -0.230. The van der Waals surface area contributed by atoms with Gasteiger partial charge >= 0.3 is 5.97 Å². The molecule has 2 aromatic carbocycles. The molecule has 118 valence electrons. The van der Waals surface area contributed by atoms with E-state index >= 15 is 0 Å². The molecule has 0 aliphatic heterocycles. The van der Waals surface area contributed by atoms with Crippen LogP contribution in [0.25, 0.3) is 0 Å². The molecule has 0 unspecified atom stereocenters. The van der Waals surface area contributed by atoms with Gasteiger partial charge in [-0.3, -0.25) is 14.9 Å². The maximum Gasteiger partial charge on any atom is 0.337 e. The summed E-state index contributed by atoms with van der Waals surface area (Å²) < 4.78 is 0.562. The van der Waals surface area contributed by atoms with Gasteiger partial charge in [-0.2, -0.15) is 0 Å². The molecule has 7 nitrogen and oxygen atoms in total. The van der Waals surface area contributed by atoms with E-state index < -0.39 is 16.8 Å². The molecule has 23 heavy (non-hydrogen) atoms. The predicted octanol–water partition coefficient (Wildman–Crippen LogP) is 3.24. The van der Waals surface area contributed by atoms with Gasteiger partial charge in [-0.05, 0) is 18.2 Å². The van der Waals surface area contributed by atoms with Crippen molar-refractivity contribution in [2.45, 2.75) is 6.42 Å². The zero-order valence-corrected chi connectivity index (χ0v) is 13.2. The first-order valence-electron chi connectivity index (χ1n) is 6.43. The Morgan fingerprint density at radius 2 is 1.91 bits per heavy atom. The van der Waals surface area contributed by atoms with Crippen LogP contribution < -0.4 is 5.32 Å². The smallest absolute Gasteiger partial charge is 0.337 e. The van der Waals surface area contributed by atoms with E-state index in [1.54, 1.807) is 12.1 Å². The quantitative estimate of drug-likeness (QED) is 0.612. The second-order valence-electron chi connectivity index (χ2n) is 4.61. The number of para-hydroxylation sites is 1. The van der Waals surface area contributed by atoms with E-state index in [1.165, 1.54) is 30.3 Å². The van der Waals surface area contributed by atoms with Gasteiger partial charge in [-0.1, -0.05) is 34.1 Å². The Balaban J connectivity index is 2.21. The maximum atomic E-state index is 12.1. The van der Waals surface area contributed by atoms with Crippen molar-refractivity contribution >= 4 is 39.2 Å². The van der Waals surface area contributed by atoms with E-state index in [0.29, 0.717) is 4.47 Å². The van der Waals surface area contributed by atoms with Gasteiger partial charge in [0.1, 0.15) is 0 Å². The van der Waals surface area contributed by atoms with Crippen LogP contribution in [0.15, 0.2) is 46.9 Å². The van der Waals surface area contributed by atoms with E-state index in [0.717, 1.165) is 0 Å².